The minimum Gasteiger partial charge on any atom is -0.508 e. The molecule has 11 heteroatoms. The number of aliphatic hydroxyl groups is 1. The number of phenols is 2. The Kier molecular flexibility index (Phi) is 12.2. The van der Waals surface area contributed by atoms with E-state index in [1.54, 1.807) is 39.0 Å². The third-order valence-electron chi connectivity index (χ3n) is 7.07. The molecule has 1 aliphatic rings. The number of carbonyl (C=O) groups excluding carboxylic acids is 2. The zero-order valence-electron chi connectivity index (χ0n) is 24.1. The molecule has 0 fully saturated rings. The minimum absolute atomic E-state index is 0.00496. The molecule has 6 N–H and O–H groups in total. The lowest BCUT2D eigenvalue weighted by atomic mass is 9.86. The number of nitrogens with one attached hydrogen (secondary N) is 1. The van der Waals surface area contributed by atoms with Crippen molar-refractivity contribution in [2.75, 3.05) is 26.6 Å². The molecule has 0 aliphatic carbocycles. The van der Waals surface area contributed by atoms with Crippen molar-refractivity contribution in [2.24, 2.45) is 17.6 Å². The molecule has 2 amide bonds. The van der Waals surface area contributed by atoms with Crippen molar-refractivity contribution < 1.29 is 43.9 Å². The van der Waals surface area contributed by atoms with Crippen molar-refractivity contribution in [1.29, 1.82) is 0 Å². The summed E-state index contributed by atoms with van der Waals surface area (Å²) < 4.78 is 22.3. The molecule has 0 radical (unpaired) electrons. The van der Waals surface area contributed by atoms with E-state index in [2.05, 4.69) is 5.32 Å². The van der Waals surface area contributed by atoms with Gasteiger partial charge in [0, 0.05) is 44.5 Å². The number of rotatable bonds is 4. The largest absolute Gasteiger partial charge is 0.508 e. The molecule has 1 aromatic carbocycles. The Labute approximate surface area is 235 Å². The standard InChI is InChI=1S/C29H42N2O9/c1-15-9-8-10-22(37-5)27(40-29(30)36)17(3)11-16(2)24(33)23(38-6)12-18(4)26(39-7)20-13-19(32)14-21(25(20)34)31-28(15)35/h8-11,13-14,16,18,22-24,26-27,32-34H,12H2,1-7H3,(H2,30,36)(H,31,35)/t16-,18-,22-,23?,24+,26+,27-/m0/s1. The second-order valence-corrected chi connectivity index (χ2v) is 10.1. The Balaban J connectivity index is 2.67. The smallest absolute Gasteiger partial charge is 0.405 e. The van der Waals surface area contributed by atoms with Crippen LogP contribution in [0, 0.1) is 11.8 Å². The fourth-order valence-electron chi connectivity index (χ4n) is 4.88. The molecule has 0 aromatic heterocycles. The van der Waals surface area contributed by atoms with Gasteiger partial charge in [0.2, 0.25) is 0 Å². The maximum atomic E-state index is 12.9. The number of carbonyl (C=O) groups is 2. The number of benzene rings is 1. The monoisotopic (exact) mass is 562 g/mol. The van der Waals surface area contributed by atoms with E-state index in [1.807, 2.05) is 6.92 Å². The maximum Gasteiger partial charge on any atom is 0.405 e. The van der Waals surface area contributed by atoms with Crippen LogP contribution in [0.3, 0.4) is 0 Å². The Bertz CT molecular complexity index is 1130. The Morgan fingerprint density at radius 1 is 1.05 bits per heavy atom. The number of phenolic OH excluding ortho intramolecular Hbond substituents is 2. The highest BCUT2D eigenvalue weighted by molar-refractivity contribution is 6.04. The van der Waals surface area contributed by atoms with Crippen LogP contribution in [-0.4, -0.2) is 73.1 Å². The van der Waals surface area contributed by atoms with E-state index in [0.29, 0.717) is 12.0 Å². The maximum absolute atomic E-state index is 12.9. The Morgan fingerprint density at radius 3 is 2.30 bits per heavy atom. The summed E-state index contributed by atoms with van der Waals surface area (Å²) in [4.78, 5) is 24.6. The molecule has 11 nitrogen and oxygen atoms in total. The van der Waals surface area contributed by atoms with Crippen LogP contribution < -0.4 is 11.1 Å². The van der Waals surface area contributed by atoms with Crippen molar-refractivity contribution in [3.63, 3.8) is 0 Å². The van der Waals surface area contributed by atoms with Gasteiger partial charge in [0.05, 0.1) is 24.0 Å². The zero-order valence-corrected chi connectivity index (χ0v) is 24.1. The van der Waals surface area contributed by atoms with Gasteiger partial charge in [-0.1, -0.05) is 38.2 Å². The van der Waals surface area contributed by atoms with Crippen LogP contribution in [0.25, 0.3) is 0 Å². The number of hydrogen-bond acceptors (Lipinski definition) is 9. The van der Waals surface area contributed by atoms with Crippen molar-refractivity contribution >= 4 is 17.7 Å². The lowest BCUT2D eigenvalue weighted by Crippen LogP contribution is -2.37. The summed E-state index contributed by atoms with van der Waals surface area (Å²) in [6, 6.07) is 2.62. The number of anilines is 1. The number of aromatic hydroxyl groups is 2. The van der Waals surface area contributed by atoms with E-state index in [4.69, 9.17) is 24.7 Å². The first-order valence-corrected chi connectivity index (χ1v) is 13.0. The molecule has 2 rings (SSSR count). The van der Waals surface area contributed by atoms with E-state index >= 15 is 0 Å². The zero-order chi connectivity index (χ0) is 30.1. The van der Waals surface area contributed by atoms with E-state index in [9.17, 15) is 24.9 Å². The molecule has 1 aromatic rings. The second-order valence-electron chi connectivity index (χ2n) is 10.1. The molecule has 1 heterocycles. The van der Waals surface area contributed by atoms with Crippen LogP contribution in [0.15, 0.2) is 47.6 Å². The number of hydrogen-bond donors (Lipinski definition) is 5. The van der Waals surface area contributed by atoms with Gasteiger partial charge in [-0.3, -0.25) is 4.79 Å². The summed E-state index contributed by atoms with van der Waals surface area (Å²) in [5, 5.41) is 35.3. The average Bonchev–Trinajstić information content (AvgIpc) is 2.90. The highest BCUT2D eigenvalue weighted by Crippen LogP contribution is 2.41. The van der Waals surface area contributed by atoms with Crippen molar-refractivity contribution in [3.05, 3.63) is 53.1 Å². The molecular weight excluding hydrogens is 520 g/mol. The van der Waals surface area contributed by atoms with E-state index in [1.165, 1.54) is 39.5 Å². The number of nitrogens with two attached hydrogens (primary N) is 1. The van der Waals surface area contributed by atoms with E-state index in [-0.39, 0.29) is 34.2 Å². The number of fused-ring (bicyclic) bond motifs is 2. The first-order valence-electron chi connectivity index (χ1n) is 13.0. The minimum atomic E-state index is -0.995. The third kappa shape index (κ3) is 8.31. The summed E-state index contributed by atoms with van der Waals surface area (Å²) in [5.74, 6) is -1.70. The fourth-order valence-corrected chi connectivity index (χ4v) is 4.88. The van der Waals surface area contributed by atoms with Gasteiger partial charge in [0.15, 0.2) is 6.10 Å². The number of primary amides is 1. The average molecular weight is 563 g/mol. The van der Waals surface area contributed by atoms with Gasteiger partial charge in [0.25, 0.3) is 5.91 Å². The highest BCUT2D eigenvalue weighted by Gasteiger charge is 2.32. The van der Waals surface area contributed by atoms with Gasteiger partial charge >= 0.3 is 6.09 Å². The molecule has 1 unspecified atom stereocenters. The van der Waals surface area contributed by atoms with Gasteiger partial charge in [-0.15, -0.1) is 0 Å². The van der Waals surface area contributed by atoms with Crippen LogP contribution in [0.4, 0.5) is 10.5 Å². The summed E-state index contributed by atoms with van der Waals surface area (Å²) in [6.45, 7) is 6.97. The first-order chi connectivity index (χ1) is 18.8. The molecule has 0 saturated heterocycles. The second kappa shape index (κ2) is 14.8. The normalized spacial score (nSPS) is 28.8. The number of ether oxygens (including phenoxy) is 4. The summed E-state index contributed by atoms with van der Waals surface area (Å²) in [5.41, 5.74) is 6.48. The lowest BCUT2D eigenvalue weighted by molar-refractivity contribution is -0.112. The number of methoxy groups -OCH3 is 3. The fraction of sp³-hybridized carbons (Fsp3) is 0.517. The van der Waals surface area contributed by atoms with Gasteiger partial charge in [-0.25, -0.2) is 4.79 Å². The topological polar surface area (TPSA) is 170 Å². The number of amides is 2. The van der Waals surface area contributed by atoms with Crippen LogP contribution in [-0.2, 0) is 23.7 Å². The number of aliphatic hydroxyl groups excluding tert-OH is 1. The molecule has 40 heavy (non-hydrogen) atoms. The molecule has 0 saturated carbocycles. The van der Waals surface area contributed by atoms with Crippen LogP contribution in [0.5, 0.6) is 11.5 Å². The SMILES string of the molecule is COC1C[C@H](C)[C@@H](OC)c2cc(O)cc(c2O)NC(=O)C(C)=CC=C[C@H](OC)[C@@H](OC(N)=O)C(C)=C[C@H](C)[C@H]1O. The lowest BCUT2D eigenvalue weighted by Gasteiger charge is -2.32. The van der Waals surface area contributed by atoms with Gasteiger partial charge in [-0.05, 0) is 37.8 Å². The molecule has 2 bridgehead atoms. The Hall–Kier alpha value is -3.38. The predicted molar refractivity (Wildman–Crippen MR) is 150 cm³/mol. The van der Waals surface area contributed by atoms with Crippen molar-refractivity contribution in [3.8, 4) is 11.5 Å². The van der Waals surface area contributed by atoms with Gasteiger partial charge < -0.3 is 45.3 Å². The molecule has 222 valence electrons. The van der Waals surface area contributed by atoms with Crippen molar-refractivity contribution in [2.45, 2.75) is 64.6 Å². The first kappa shape index (κ1) is 32.8. The van der Waals surface area contributed by atoms with Crippen molar-refractivity contribution in [1.82, 2.24) is 0 Å². The van der Waals surface area contributed by atoms with E-state index < -0.39 is 48.4 Å². The quantitative estimate of drug-likeness (QED) is 0.209. The summed E-state index contributed by atoms with van der Waals surface area (Å²) >= 11 is 0. The Morgan fingerprint density at radius 2 is 1.73 bits per heavy atom. The molecule has 1 aliphatic heterocycles. The highest BCUT2D eigenvalue weighted by atomic mass is 16.6. The number of allylic oxidation sites excluding steroid dienone is 2. The van der Waals surface area contributed by atoms with E-state index in [0.717, 1.165) is 0 Å². The predicted octanol–water partition coefficient (Wildman–Crippen LogP) is 3.70. The summed E-state index contributed by atoms with van der Waals surface area (Å²) in [6.07, 6.45) is 1.78. The molecule has 7 atom stereocenters. The third-order valence-corrected chi connectivity index (χ3v) is 7.07. The van der Waals surface area contributed by atoms with Gasteiger partial charge in [-0.2, -0.15) is 0 Å². The van der Waals surface area contributed by atoms with Gasteiger partial charge in [0.1, 0.15) is 17.6 Å². The van der Waals surface area contributed by atoms with Crippen LogP contribution in [0.2, 0.25) is 0 Å². The molecular formula is C29H42N2O9. The molecule has 0 spiro atoms. The van der Waals surface area contributed by atoms with Crippen LogP contribution >= 0.6 is 0 Å². The summed E-state index contributed by atoms with van der Waals surface area (Å²) in [7, 11) is 4.39. The van der Waals surface area contributed by atoms with Crippen LogP contribution in [0.1, 0.15) is 45.8 Å².